The first kappa shape index (κ1) is 15.0. The predicted octanol–water partition coefficient (Wildman–Crippen LogP) is 1.70. The molecule has 0 spiro atoms. The summed E-state index contributed by atoms with van der Waals surface area (Å²) in [7, 11) is 1.33. The number of methoxy groups -OCH3 is 1. The van der Waals surface area contributed by atoms with E-state index in [4.69, 9.17) is 10.5 Å². The van der Waals surface area contributed by atoms with Crippen molar-refractivity contribution in [3.63, 3.8) is 0 Å². The predicted molar refractivity (Wildman–Crippen MR) is 78.7 cm³/mol. The van der Waals surface area contributed by atoms with Crippen molar-refractivity contribution in [3.05, 3.63) is 59.9 Å². The van der Waals surface area contributed by atoms with E-state index in [1.54, 1.807) is 12.4 Å². The molecule has 1 aromatic heterocycles. The van der Waals surface area contributed by atoms with Crippen molar-refractivity contribution in [1.29, 1.82) is 0 Å². The average Bonchev–Trinajstić information content (AvgIpc) is 2.54. The van der Waals surface area contributed by atoms with Gasteiger partial charge in [0.15, 0.2) is 0 Å². The van der Waals surface area contributed by atoms with Crippen molar-refractivity contribution < 1.29 is 14.3 Å². The van der Waals surface area contributed by atoms with Crippen LogP contribution in [0.2, 0.25) is 0 Å². The number of nitrogens with two attached hydrogens (primary N) is 1. The molecular formula is C16H18N2O3. The number of nitrogens with zero attached hydrogens (tertiary/aromatic N) is 1. The molecule has 2 aromatic rings. The normalized spacial score (nSPS) is 11.7. The van der Waals surface area contributed by atoms with E-state index < -0.39 is 12.0 Å². The minimum atomic E-state index is -0.642. The van der Waals surface area contributed by atoms with E-state index in [2.05, 4.69) is 9.72 Å². The molecule has 1 unspecified atom stereocenters. The second kappa shape index (κ2) is 7.40. The molecule has 1 heterocycles. The van der Waals surface area contributed by atoms with Crippen molar-refractivity contribution in [3.8, 4) is 5.75 Å². The van der Waals surface area contributed by atoms with Crippen molar-refractivity contribution in [1.82, 2.24) is 4.98 Å². The summed E-state index contributed by atoms with van der Waals surface area (Å²) in [6.07, 6.45) is 3.93. The Hall–Kier alpha value is -2.40. The lowest BCUT2D eigenvalue weighted by molar-refractivity contribution is -0.142. The van der Waals surface area contributed by atoms with E-state index in [-0.39, 0.29) is 0 Å². The fourth-order valence-electron chi connectivity index (χ4n) is 1.86. The van der Waals surface area contributed by atoms with E-state index in [0.717, 1.165) is 16.9 Å². The van der Waals surface area contributed by atoms with E-state index in [1.165, 1.54) is 7.11 Å². The Kier molecular flexibility index (Phi) is 5.29. The zero-order valence-electron chi connectivity index (χ0n) is 11.9. The van der Waals surface area contributed by atoms with E-state index in [9.17, 15) is 4.79 Å². The molecule has 0 saturated carbocycles. The number of esters is 1. The van der Waals surface area contributed by atoms with Gasteiger partial charge in [-0.1, -0.05) is 18.2 Å². The van der Waals surface area contributed by atoms with Gasteiger partial charge in [0.05, 0.1) is 7.11 Å². The zero-order chi connectivity index (χ0) is 15.1. The molecule has 110 valence electrons. The third-order valence-electron chi connectivity index (χ3n) is 3.01. The quantitative estimate of drug-likeness (QED) is 0.818. The molecule has 0 bridgehead atoms. The van der Waals surface area contributed by atoms with E-state index in [1.807, 2.05) is 36.4 Å². The summed E-state index contributed by atoms with van der Waals surface area (Å²) in [5, 5.41) is 0. The lowest BCUT2D eigenvalue weighted by Gasteiger charge is -2.10. The van der Waals surface area contributed by atoms with Crippen LogP contribution in [0.4, 0.5) is 0 Å². The number of hydrogen-bond acceptors (Lipinski definition) is 5. The molecule has 0 aliphatic carbocycles. The molecule has 2 rings (SSSR count). The van der Waals surface area contributed by atoms with Crippen LogP contribution in [-0.4, -0.2) is 24.1 Å². The second-order valence-corrected chi connectivity index (χ2v) is 4.63. The maximum absolute atomic E-state index is 11.3. The highest BCUT2D eigenvalue weighted by molar-refractivity contribution is 5.75. The lowest BCUT2D eigenvalue weighted by Crippen LogP contribution is -2.33. The van der Waals surface area contributed by atoms with Gasteiger partial charge in [-0.2, -0.15) is 0 Å². The molecule has 2 N–H and O–H groups in total. The van der Waals surface area contributed by atoms with Gasteiger partial charge in [-0.15, -0.1) is 0 Å². The average molecular weight is 286 g/mol. The molecule has 0 aliphatic rings. The van der Waals surface area contributed by atoms with Gasteiger partial charge in [-0.05, 0) is 30.2 Å². The van der Waals surface area contributed by atoms with Crippen LogP contribution < -0.4 is 10.5 Å². The topological polar surface area (TPSA) is 74.4 Å². The number of pyridine rings is 1. The fraction of sp³-hybridized carbons (Fsp3) is 0.250. The lowest BCUT2D eigenvalue weighted by atomic mass is 10.1. The van der Waals surface area contributed by atoms with Gasteiger partial charge in [0.2, 0.25) is 0 Å². The van der Waals surface area contributed by atoms with Crippen molar-refractivity contribution in [2.24, 2.45) is 5.73 Å². The Balaban J connectivity index is 1.88. The molecular weight excluding hydrogens is 268 g/mol. The first-order valence-electron chi connectivity index (χ1n) is 6.63. The van der Waals surface area contributed by atoms with Crippen LogP contribution in [0.15, 0.2) is 48.8 Å². The highest BCUT2D eigenvalue weighted by Crippen LogP contribution is 2.15. The SMILES string of the molecule is COC(=O)C(N)Cc1ccc(OCc2cccnc2)cc1. The fourth-order valence-corrected chi connectivity index (χ4v) is 1.86. The summed E-state index contributed by atoms with van der Waals surface area (Å²) in [6.45, 7) is 0.467. The van der Waals surface area contributed by atoms with Gasteiger partial charge in [-0.25, -0.2) is 0 Å². The Bertz CT molecular complexity index is 570. The maximum atomic E-state index is 11.3. The molecule has 1 aromatic carbocycles. The minimum absolute atomic E-state index is 0.410. The highest BCUT2D eigenvalue weighted by Gasteiger charge is 2.13. The van der Waals surface area contributed by atoms with Gasteiger partial charge in [0, 0.05) is 18.0 Å². The van der Waals surface area contributed by atoms with Crippen LogP contribution in [-0.2, 0) is 22.6 Å². The smallest absolute Gasteiger partial charge is 0.322 e. The molecule has 0 saturated heterocycles. The third kappa shape index (κ3) is 4.57. The summed E-state index contributed by atoms with van der Waals surface area (Å²) in [5.41, 5.74) is 7.69. The molecule has 0 amide bonds. The van der Waals surface area contributed by atoms with Crippen LogP contribution in [0.25, 0.3) is 0 Å². The second-order valence-electron chi connectivity index (χ2n) is 4.63. The maximum Gasteiger partial charge on any atom is 0.322 e. The first-order valence-corrected chi connectivity index (χ1v) is 6.63. The van der Waals surface area contributed by atoms with Crippen LogP contribution in [0.1, 0.15) is 11.1 Å². The molecule has 0 radical (unpaired) electrons. The molecule has 0 aliphatic heterocycles. The Morgan fingerprint density at radius 3 is 2.62 bits per heavy atom. The number of benzene rings is 1. The Labute approximate surface area is 123 Å². The third-order valence-corrected chi connectivity index (χ3v) is 3.01. The number of carbonyl (C=O) groups excluding carboxylic acids is 1. The summed E-state index contributed by atoms with van der Waals surface area (Å²) < 4.78 is 10.3. The summed E-state index contributed by atoms with van der Waals surface area (Å²) in [4.78, 5) is 15.3. The Morgan fingerprint density at radius 2 is 2.00 bits per heavy atom. The van der Waals surface area contributed by atoms with Crippen LogP contribution in [0, 0.1) is 0 Å². The van der Waals surface area contributed by atoms with E-state index >= 15 is 0 Å². The highest BCUT2D eigenvalue weighted by atomic mass is 16.5. The number of carbonyl (C=O) groups is 1. The minimum Gasteiger partial charge on any atom is -0.489 e. The monoisotopic (exact) mass is 286 g/mol. The molecule has 1 atom stereocenters. The van der Waals surface area contributed by atoms with Crippen molar-refractivity contribution in [2.75, 3.05) is 7.11 Å². The Morgan fingerprint density at radius 1 is 1.24 bits per heavy atom. The number of aromatic nitrogens is 1. The van der Waals surface area contributed by atoms with Gasteiger partial charge < -0.3 is 15.2 Å². The summed E-state index contributed by atoms with van der Waals surface area (Å²) >= 11 is 0. The first-order chi connectivity index (χ1) is 10.2. The van der Waals surface area contributed by atoms with Crippen molar-refractivity contribution >= 4 is 5.97 Å². The number of rotatable bonds is 6. The summed E-state index contributed by atoms with van der Waals surface area (Å²) in [6, 6.07) is 10.7. The largest absolute Gasteiger partial charge is 0.489 e. The van der Waals surface area contributed by atoms with Gasteiger partial charge >= 0.3 is 5.97 Å². The molecule has 5 heteroatoms. The van der Waals surface area contributed by atoms with Crippen LogP contribution >= 0.6 is 0 Å². The number of hydrogen-bond donors (Lipinski definition) is 1. The summed E-state index contributed by atoms with van der Waals surface area (Å²) in [5.74, 6) is 0.348. The molecule has 0 fully saturated rings. The number of ether oxygens (including phenoxy) is 2. The van der Waals surface area contributed by atoms with E-state index in [0.29, 0.717) is 13.0 Å². The van der Waals surface area contributed by atoms with Gasteiger partial charge in [0.25, 0.3) is 0 Å². The van der Waals surface area contributed by atoms with Gasteiger partial charge in [-0.3, -0.25) is 9.78 Å². The van der Waals surface area contributed by atoms with Gasteiger partial charge in [0.1, 0.15) is 18.4 Å². The zero-order valence-corrected chi connectivity index (χ0v) is 11.9. The van der Waals surface area contributed by atoms with Crippen LogP contribution in [0.3, 0.4) is 0 Å². The van der Waals surface area contributed by atoms with Crippen molar-refractivity contribution in [2.45, 2.75) is 19.1 Å². The standard InChI is InChI=1S/C16H18N2O3/c1-20-16(19)15(17)9-12-4-6-14(7-5-12)21-11-13-3-2-8-18-10-13/h2-8,10,15H,9,11,17H2,1H3. The molecule has 5 nitrogen and oxygen atoms in total. The van der Waals surface area contributed by atoms with Crippen LogP contribution in [0.5, 0.6) is 5.75 Å². The molecule has 21 heavy (non-hydrogen) atoms.